The zero-order chi connectivity index (χ0) is 27.6. The summed E-state index contributed by atoms with van der Waals surface area (Å²) < 4.78 is 50.4. The van der Waals surface area contributed by atoms with Crippen LogP contribution in [0.2, 0.25) is 0 Å². The van der Waals surface area contributed by atoms with Crippen LogP contribution in [0.15, 0.2) is 18.5 Å². The van der Waals surface area contributed by atoms with Gasteiger partial charge in [0, 0.05) is 6.42 Å². The summed E-state index contributed by atoms with van der Waals surface area (Å²) in [7, 11) is 0. The smallest absolute Gasteiger partial charge is 0.408 e. The number of carbonyl (C=O) groups excluding carboxylic acids is 2. The van der Waals surface area contributed by atoms with Crippen molar-refractivity contribution in [1.82, 2.24) is 25.2 Å². The van der Waals surface area contributed by atoms with Crippen molar-refractivity contribution in [2.45, 2.75) is 96.7 Å². The number of fused-ring (bicyclic) bond motifs is 1. The van der Waals surface area contributed by atoms with E-state index in [4.69, 9.17) is 9.47 Å². The summed E-state index contributed by atoms with van der Waals surface area (Å²) in [6.45, 7) is 11.1. The molecule has 2 heterocycles. The summed E-state index contributed by atoms with van der Waals surface area (Å²) >= 11 is 0. The van der Waals surface area contributed by atoms with Crippen molar-refractivity contribution in [1.29, 1.82) is 0 Å². The van der Waals surface area contributed by atoms with E-state index in [-0.39, 0.29) is 12.5 Å². The Hall–Kier alpha value is -2.89. The lowest BCUT2D eigenvalue weighted by Crippen LogP contribution is -2.38. The Bertz CT molecular complexity index is 1100. The molecule has 206 valence electrons. The van der Waals surface area contributed by atoms with Crippen LogP contribution in [0.4, 0.5) is 18.0 Å². The number of alkyl carbamates (subject to hydrolysis) is 1. The quantitative estimate of drug-likeness (QED) is 0.474. The second-order valence-corrected chi connectivity index (χ2v) is 11.4. The van der Waals surface area contributed by atoms with E-state index >= 15 is 0 Å². The zero-order valence-electron chi connectivity index (χ0n) is 22.1. The number of aromatic nitrogens is 3. The molecule has 9 nitrogen and oxygen atoms in total. The molecule has 1 saturated carbocycles. The first-order valence-corrected chi connectivity index (χ1v) is 12.3. The summed E-state index contributed by atoms with van der Waals surface area (Å²) in [6, 6.07) is 0.678. The summed E-state index contributed by atoms with van der Waals surface area (Å²) in [4.78, 5) is 29.3. The van der Waals surface area contributed by atoms with Gasteiger partial charge in [0.1, 0.15) is 5.60 Å². The van der Waals surface area contributed by atoms with E-state index in [9.17, 15) is 22.8 Å². The average molecular weight is 528 g/mol. The number of alkyl halides is 3. The molecule has 0 aliphatic heterocycles. The lowest BCUT2D eigenvalue weighted by Gasteiger charge is -2.26. The monoisotopic (exact) mass is 527 g/mol. The van der Waals surface area contributed by atoms with Gasteiger partial charge in [-0.05, 0) is 71.9 Å². The standard InChI is InChI=1S/C25H36F3N5O4/c1-23(2,3)36-14-18(31-22(35)37-24(4,5)6)17-13-33-19(30-17)11-16(12-29-33)21(15-7-8-15)32-20(34)9-10-25(26,27)28/h11-13,15,18,21H,7-10,14H2,1-6H3,(H,31,35)(H,32,34)/t18-,21?/m0/s1. The van der Waals surface area contributed by atoms with Gasteiger partial charge in [0.15, 0.2) is 5.65 Å². The molecule has 1 fully saturated rings. The van der Waals surface area contributed by atoms with E-state index in [1.54, 1.807) is 39.2 Å². The molecule has 2 N–H and O–H groups in total. The molecule has 0 bridgehead atoms. The third-order valence-corrected chi connectivity index (χ3v) is 5.50. The maximum Gasteiger partial charge on any atom is 0.408 e. The van der Waals surface area contributed by atoms with Gasteiger partial charge in [-0.15, -0.1) is 0 Å². The van der Waals surface area contributed by atoms with Gasteiger partial charge in [-0.25, -0.2) is 14.3 Å². The molecule has 2 amide bonds. The first-order chi connectivity index (χ1) is 17.0. The molecule has 12 heteroatoms. The molecule has 2 aromatic rings. The lowest BCUT2D eigenvalue weighted by atomic mass is 10.0. The Morgan fingerprint density at radius 3 is 2.35 bits per heavy atom. The highest BCUT2D eigenvalue weighted by Gasteiger charge is 2.35. The van der Waals surface area contributed by atoms with Gasteiger partial charge in [0.2, 0.25) is 5.91 Å². The van der Waals surface area contributed by atoms with Crippen molar-refractivity contribution in [2.75, 3.05) is 6.61 Å². The Morgan fingerprint density at radius 1 is 1.11 bits per heavy atom. The van der Waals surface area contributed by atoms with Crippen LogP contribution in [0.1, 0.15) is 90.6 Å². The van der Waals surface area contributed by atoms with Gasteiger partial charge < -0.3 is 20.1 Å². The number of carbonyl (C=O) groups is 2. The Morgan fingerprint density at radius 2 is 1.78 bits per heavy atom. The Labute approximate surface area is 214 Å². The van der Waals surface area contributed by atoms with Crippen molar-refractivity contribution in [3.05, 3.63) is 29.7 Å². The van der Waals surface area contributed by atoms with Crippen LogP contribution in [-0.4, -0.2) is 50.6 Å². The molecule has 0 saturated heterocycles. The molecule has 0 spiro atoms. The third kappa shape index (κ3) is 9.49. The van der Waals surface area contributed by atoms with E-state index in [2.05, 4.69) is 20.7 Å². The minimum atomic E-state index is -4.39. The topological polar surface area (TPSA) is 107 Å². The largest absolute Gasteiger partial charge is 0.444 e. The minimum absolute atomic E-state index is 0.135. The van der Waals surface area contributed by atoms with Gasteiger partial charge in [-0.3, -0.25) is 4.79 Å². The second-order valence-electron chi connectivity index (χ2n) is 11.4. The predicted molar refractivity (Wildman–Crippen MR) is 130 cm³/mol. The number of halogens is 3. The highest BCUT2D eigenvalue weighted by atomic mass is 19.4. The fourth-order valence-corrected chi connectivity index (χ4v) is 3.64. The van der Waals surface area contributed by atoms with Crippen molar-refractivity contribution < 1.29 is 32.2 Å². The van der Waals surface area contributed by atoms with Crippen molar-refractivity contribution >= 4 is 17.6 Å². The van der Waals surface area contributed by atoms with E-state index in [0.29, 0.717) is 16.9 Å². The molecule has 0 radical (unpaired) electrons. The molecule has 1 unspecified atom stereocenters. The van der Waals surface area contributed by atoms with E-state index < -0.39 is 54.3 Å². The number of rotatable bonds is 9. The number of ether oxygens (including phenoxy) is 2. The predicted octanol–water partition coefficient (Wildman–Crippen LogP) is 5.02. The fraction of sp³-hybridized carbons (Fsp3) is 0.680. The molecular formula is C25H36F3N5O4. The van der Waals surface area contributed by atoms with Gasteiger partial charge in [-0.2, -0.15) is 18.3 Å². The molecule has 2 aromatic heterocycles. The highest BCUT2D eigenvalue weighted by molar-refractivity contribution is 5.76. The van der Waals surface area contributed by atoms with Crippen LogP contribution in [0.5, 0.6) is 0 Å². The second kappa shape index (κ2) is 10.8. The van der Waals surface area contributed by atoms with Crippen molar-refractivity contribution in [2.24, 2.45) is 5.92 Å². The van der Waals surface area contributed by atoms with Crippen LogP contribution >= 0.6 is 0 Å². The molecule has 0 aromatic carbocycles. The number of hydrogen-bond acceptors (Lipinski definition) is 6. The van der Waals surface area contributed by atoms with E-state index in [1.165, 1.54) is 4.52 Å². The summed E-state index contributed by atoms with van der Waals surface area (Å²) in [5, 5.41) is 9.93. The SMILES string of the molecule is CC(C)(C)OC[C@H](NC(=O)OC(C)(C)C)c1cn2ncc(C(NC(=O)CCC(F)(F)F)C3CC3)cc2n1. The first-order valence-electron chi connectivity index (χ1n) is 12.3. The van der Waals surface area contributed by atoms with Gasteiger partial charge >= 0.3 is 12.3 Å². The molecule has 37 heavy (non-hydrogen) atoms. The first kappa shape index (κ1) is 28.7. The number of imidazole rings is 1. The molecular weight excluding hydrogens is 491 g/mol. The van der Waals surface area contributed by atoms with Crippen LogP contribution in [-0.2, 0) is 14.3 Å². The lowest BCUT2D eigenvalue weighted by molar-refractivity contribution is -0.144. The maximum atomic E-state index is 12.5. The number of hydrogen-bond donors (Lipinski definition) is 2. The van der Waals surface area contributed by atoms with E-state index in [1.807, 2.05) is 20.8 Å². The normalized spacial score (nSPS) is 16.4. The summed E-state index contributed by atoms with van der Waals surface area (Å²) in [5.41, 5.74) is 0.485. The van der Waals surface area contributed by atoms with E-state index in [0.717, 1.165) is 12.8 Å². The van der Waals surface area contributed by atoms with Gasteiger partial charge in [0.25, 0.3) is 0 Å². The van der Waals surface area contributed by atoms with Crippen molar-refractivity contribution in [3.8, 4) is 0 Å². The Balaban J connectivity index is 1.81. The van der Waals surface area contributed by atoms with Gasteiger partial charge in [-0.1, -0.05) is 0 Å². The minimum Gasteiger partial charge on any atom is -0.444 e. The number of nitrogens with one attached hydrogen (secondary N) is 2. The molecule has 2 atom stereocenters. The number of nitrogens with zero attached hydrogens (tertiary/aromatic N) is 3. The van der Waals surface area contributed by atoms with Crippen LogP contribution in [0, 0.1) is 5.92 Å². The maximum absolute atomic E-state index is 12.5. The van der Waals surface area contributed by atoms with Crippen LogP contribution < -0.4 is 10.6 Å². The van der Waals surface area contributed by atoms with Crippen LogP contribution in [0.25, 0.3) is 5.65 Å². The molecule has 1 aliphatic carbocycles. The average Bonchev–Trinajstić information content (AvgIpc) is 3.48. The third-order valence-electron chi connectivity index (χ3n) is 5.50. The zero-order valence-corrected chi connectivity index (χ0v) is 22.1. The Kier molecular flexibility index (Phi) is 8.40. The fourth-order valence-electron chi connectivity index (χ4n) is 3.64. The van der Waals surface area contributed by atoms with Gasteiger partial charge in [0.05, 0.1) is 48.8 Å². The van der Waals surface area contributed by atoms with Crippen molar-refractivity contribution in [3.63, 3.8) is 0 Å². The summed E-state index contributed by atoms with van der Waals surface area (Å²) in [6.07, 6.45) is -1.82. The molecule has 3 rings (SSSR count). The molecule has 1 aliphatic rings. The summed E-state index contributed by atoms with van der Waals surface area (Å²) in [5.74, 6) is -0.519. The highest BCUT2D eigenvalue weighted by Crippen LogP contribution is 2.41. The van der Waals surface area contributed by atoms with Crippen LogP contribution in [0.3, 0.4) is 0 Å². The number of amides is 2.